The summed E-state index contributed by atoms with van der Waals surface area (Å²) in [5.74, 6) is -2.63. The molecular formula is C24H42O5. The number of rotatable bonds is 15. The molecule has 2 N–H and O–H groups in total. The summed E-state index contributed by atoms with van der Waals surface area (Å²) in [7, 11) is 0. The Hall–Kier alpha value is -1.20. The molecule has 0 spiro atoms. The molecule has 0 aromatic rings. The zero-order valence-electron chi connectivity index (χ0n) is 18.9. The van der Waals surface area contributed by atoms with Crippen LogP contribution in [0.3, 0.4) is 0 Å². The Bertz CT molecular complexity index is 539. The molecule has 0 heterocycles. The maximum absolute atomic E-state index is 12.3. The SMILES string of the molecule is CCCCC(C)(C)CC=C[C@H]1CCC(=O)[C@@H]1CCCCCC(O)(OCC)C(=O)O. The number of ketones is 1. The summed E-state index contributed by atoms with van der Waals surface area (Å²) >= 11 is 0. The van der Waals surface area contributed by atoms with Crippen molar-refractivity contribution in [2.75, 3.05) is 6.61 Å². The Morgan fingerprint density at radius 1 is 1.17 bits per heavy atom. The second kappa shape index (κ2) is 12.5. The van der Waals surface area contributed by atoms with Crippen molar-refractivity contribution in [3.63, 3.8) is 0 Å². The van der Waals surface area contributed by atoms with E-state index < -0.39 is 11.8 Å². The van der Waals surface area contributed by atoms with Gasteiger partial charge in [0.15, 0.2) is 0 Å². The van der Waals surface area contributed by atoms with E-state index in [2.05, 4.69) is 32.9 Å². The molecule has 5 nitrogen and oxygen atoms in total. The van der Waals surface area contributed by atoms with E-state index in [1.807, 2.05) is 0 Å². The highest BCUT2D eigenvalue weighted by molar-refractivity contribution is 5.83. The highest BCUT2D eigenvalue weighted by Crippen LogP contribution is 2.35. The minimum absolute atomic E-state index is 0.0744. The number of Topliss-reactive ketones (excluding diaryl/α,β-unsaturated/α-hetero) is 1. The van der Waals surface area contributed by atoms with E-state index in [-0.39, 0.29) is 18.9 Å². The number of hydrogen-bond donors (Lipinski definition) is 2. The van der Waals surface area contributed by atoms with Crippen LogP contribution in [0.2, 0.25) is 0 Å². The topological polar surface area (TPSA) is 83.8 Å². The molecule has 1 rings (SSSR count). The number of carboxylic acids is 1. The Kier molecular flexibility index (Phi) is 11.1. The number of aliphatic hydroxyl groups is 1. The van der Waals surface area contributed by atoms with Crippen LogP contribution in [-0.4, -0.2) is 34.4 Å². The first-order chi connectivity index (χ1) is 13.6. The molecule has 29 heavy (non-hydrogen) atoms. The number of allylic oxidation sites excluding steroid dienone is 2. The van der Waals surface area contributed by atoms with Crippen LogP contribution < -0.4 is 0 Å². The first-order valence-corrected chi connectivity index (χ1v) is 11.4. The van der Waals surface area contributed by atoms with Crippen LogP contribution in [0.1, 0.15) is 98.3 Å². The van der Waals surface area contributed by atoms with Crippen molar-refractivity contribution >= 4 is 11.8 Å². The van der Waals surface area contributed by atoms with Crippen molar-refractivity contribution in [1.29, 1.82) is 0 Å². The largest absolute Gasteiger partial charge is 0.477 e. The Morgan fingerprint density at radius 3 is 2.52 bits per heavy atom. The van der Waals surface area contributed by atoms with Crippen LogP contribution in [-0.2, 0) is 14.3 Å². The summed E-state index contributed by atoms with van der Waals surface area (Å²) in [6.07, 6.45) is 14.0. The van der Waals surface area contributed by atoms with E-state index in [0.29, 0.717) is 30.0 Å². The van der Waals surface area contributed by atoms with Crippen LogP contribution in [0, 0.1) is 17.3 Å². The van der Waals surface area contributed by atoms with Crippen LogP contribution in [0.4, 0.5) is 0 Å². The van der Waals surface area contributed by atoms with Gasteiger partial charge in [0.05, 0.1) is 0 Å². The molecule has 0 aromatic heterocycles. The first kappa shape index (κ1) is 25.8. The third-order valence-corrected chi connectivity index (χ3v) is 6.16. The molecule has 0 saturated heterocycles. The molecule has 168 valence electrons. The molecule has 5 heteroatoms. The predicted molar refractivity (Wildman–Crippen MR) is 116 cm³/mol. The van der Waals surface area contributed by atoms with Gasteiger partial charge in [-0.2, -0.15) is 0 Å². The molecule has 1 unspecified atom stereocenters. The molecule has 1 fully saturated rings. The van der Waals surface area contributed by atoms with E-state index in [9.17, 15) is 14.7 Å². The van der Waals surface area contributed by atoms with Crippen molar-refractivity contribution in [1.82, 2.24) is 0 Å². The average molecular weight is 411 g/mol. The second-order valence-electron chi connectivity index (χ2n) is 9.30. The lowest BCUT2D eigenvalue weighted by atomic mass is 9.83. The molecule has 1 aliphatic carbocycles. The number of carbonyl (C=O) groups is 2. The number of ether oxygens (including phenoxy) is 1. The Morgan fingerprint density at radius 2 is 1.90 bits per heavy atom. The van der Waals surface area contributed by atoms with Gasteiger partial charge in [-0.25, -0.2) is 4.79 Å². The number of carbonyl (C=O) groups excluding carboxylic acids is 1. The Labute approximate surface area is 176 Å². The summed E-state index contributed by atoms with van der Waals surface area (Å²) in [6, 6.07) is 0. The van der Waals surface area contributed by atoms with E-state index >= 15 is 0 Å². The molecule has 3 atom stereocenters. The highest BCUT2D eigenvalue weighted by atomic mass is 16.6. The molecule has 0 bridgehead atoms. The zero-order chi connectivity index (χ0) is 21.9. The van der Waals surface area contributed by atoms with Crippen molar-refractivity contribution in [2.24, 2.45) is 17.3 Å². The lowest BCUT2D eigenvalue weighted by Gasteiger charge is -2.23. The van der Waals surface area contributed by atoms with Crippen LogP contribution >= 0.6 is 0 Å². The van der Waals surface area contributed by atoms with Crippen molar-refractivity contribution < 1.29 is 24.5 Å². The summed E-state index contributed by atoms with van der Waals surface area (Å²) in [4.78, 5) is 23.5. The molecule has 1 aliphatic rings. The van der Waals surface area contributed by atoms with E-state index in [4.69, 9.17) is 9.84 Å². The van der Waals surface area contributed by atoms with Gasteiger partial charge in [-0.05, 0) is 50.4 Å². The normalized spacial score (nSPS) is 22.3. The lowest BCUT2D eigenvalue weighted by Crippen LogP contribution is -2.41. The van der Waals surface area contributed by atoms with Crippen LogP contribution in [0.25, 0.3) is 0 Å². The first-order valence-electron chi connectivity index (χ1n) is 11.4. The fraction of sp³-hybridized carbons (Fsp3) is 0.833. The number of unbranched alkanes of at least 4 members (excludes halogenated alkanes) is 3. The summed E-state index contributed by atoms with van der Waals surface area (Å²) < 4.78 is 4.99. The maximum atomic E-state index is 12.3. The van der Waals surface area contributed by atoms with Crippen molar-refractivity contribution in [2.45, 2.75) is 104 Å². The van der Waals surface area contributed by atoms with Crippen molar-refractivity contribution in [3.05, 3.63) is 12.2 Å². The third-order valence-electron chi connectivity index (χ3n) is 6.16. The van der Waals surface area contributed by atoms with Gasteiger partial charge in [-0.1, -0.05) is 58.6 Å². The lowest BCUT2D eigenvalue weighted by molar-refractivity contribution is -0.224. The third kappa shape index (κ3) is 9.00. The van der Waals surface area contributed by atoms with Gasteiger partial charge >= 0.3 is 5.97 Å². The highest BCUT2D eigenvalue weighted by Gasteiger charge is 2.36. The van der Waals surface area contributed by atoms with Gasteiger partial charge in [-0.3, -0.25) is 4.79 Å². The maximum Gasteiger partial charge on any atom is 0.364 e. The molecule has 1 saturated carbocycles. The smallest absolute Gasteiger partial charge is 0.364 e. The summed E-state index contributed by atoms with van der Waals surface area (Å²) in [5, 5.41) is 19.1. The predicted octanol–water partition coefficient (Wildman–Crippen LogP) is 5.50. The van der Waals surface area contributed by atoms with Gasteiger partial charge in [-0.15, -0.1) is 0 Å². The fourth-order valence-electron chi connectivity index (χ4n) is 4.24. The standard InChI is InChI=1S/C24H42O5/c1-5-7-16-23(3,4)17-11-12-19-14-15-21(25)20(19)13-9-8-10-18-24(28,22(26)27)29-6-2/h11-12,19-20,28H,5-10,13-18H2,1-4H3,(H,26,27)/t19-,20+,24?/m0/s1. The van der Waals surface area contributed by atoms with Gasteiger partial charge in [0.25, 0.3) is 5.79 Å². The van der Waals surface area contributed by atoms with Crippen molar-refractivity contribution in [3.8, 4) is 0 Å². The number of aliphatic carboxylic acids is 1. The second-order valence-corrected chi connectivity index (χ2v) is 9.30. The fourth-order valence-corrected chi connectivity index (χ4v) is 4.24. The minimum atomic E-state index is -2.09. The van der Waals surface area contributed by atoms with E-state index in [0.717, 1.165) is 32.1 Å². The van der Waals surface area contributed by atoms with Gasteiger partial charge in [0.1, 0.15) is 5.78 Å². The molecule has 0 amide bonds. The van der Waals surface area contributed by atoms with Gasteiger partial charge < -0.3 is 14.9 Å². The average Bonchev–Trinajstić information content (AvgIpc) is 2.99. The van der Waals surface area contributed by atoms with E-state index in [1.165, 1.54) is 19.3 Å². The molecule has 0 radical (unpaired) electrons. The summed E-state index contributed by atoms with van der Waals surface area (Å²) in [5.41, 5.74) is 0.312. The quantitative estimate of drug-likeness (QED) is 0.211. The molecule has 0 aromatic carbocycles. The van der Waals surface area contributed by atoms with E-state index in [1.54, 1.807) is 6.92 Å². The van der Waals surface area contributed by atoms with Gasteiger partial charge in [0.2, 0.25) is 0 Å². The van der Waals surface area contributed by atoms with Gasteiger partial charge in [0, 0.05) is 25.4 Å². The summed E-state index contributed by atoms with van der Waals surface area (Å²) in [6.45, 7) is 8.66. The minimum Gasteiger partial charge on any atom is -0.477 e. The molecular weight excluding hydrogens is 368 g/mol. The number of hydrogen-bond acceptors (Lipinski definition) is 4. The number of carboxylic acid groups (broad SMARTS) is 1. The van der Waals surface area contributed by atoms with Crippen LogP contribution in [0.15, 0.2) is 12.2 Å². The Balaban J connectivity index is 2.42. The molecule has 0 aliphatic heterocycles. The zero-order valence-corrected chi connectivity index (χ0v) is 18.9. The monoisotopic (exact) mass is 410 g/mol. The van der Waals surface area contributed by atoms with Crippen LogP contribution in [0.5, 0.6) is 0 Å².